The van der Waals surface area contributed by atoms with E-state index in [0.717, 1.165) is 32.1 Å². The third kappa shape index (κ3) is 6.02. The van der Waals surface area contributed by atoms with E-state index in [1.807, 2.05) is 24.3 Å². The predicted molar refractivity (Wildman–Crippen MR) is 101 cm³/mol. The molecule has 6 heteroatoms. The van der Waals surface area contributed by atoms with Crippen LogP contribution >= 0.6 is 0 Å². The Morgan fingerprint density at radius 2 is 1.85 bits per heavy atom. The van der Waals surface area contributed by atoms with Crippen LogP contribution in [0, 0.1) is 0 Å². The zero-order chi connectivity index (χ0) is 18.8. The van der Waals surface area contributed by atoms with Crippen molar-refractivity contribution in [3.8, 4) is 0 Å². The van der Waals surface area contributed by atoms with Crippen molar-refractivity contribution in [2.24, 2.45) is 0 Å². The molecule has 0 aliphatic carbocycles. The Morgan fingerprint density at radius 3 is 2.46 bits per heavy atom. The van der Waals surface area contributed by atoms with Crippen LogP contribution in [0.25, 0.3) is 0 Å². The molecule has 0 fully saturated rings. The summed E-state index contributed by atoms with van der Waals surface area (Å²) in [6.45, 7) is 4.77. The van der Waals surface area contributed by atoms with Gasteiger partial charge in [-0.05, 0) is 30.5 Å². The van der Waals surface area contributed by atoms with Crippen LogP contribution in [0.5, 0.6) is 0 Å². The van der Waals surface area contributed by atoms with Gasteiger partial charge in [-0.15, -0.1) is 0 Å². The van der Waals surface area contributed by atoms with E-state index in [0.29, 0.717) is 17.9 Å². The van der Waals surface area contributed by atoms with Crippen LogP contribution in [-0.2, 0) is 11.2 Å². The molecule has 2 amide bonds. The molecule has 0 unspecified atom stereocenters. The fourth-order valence-electron chi connectivity index (χ4n) is 2.68. The van der Waals surface area contributed by atoms with Crippen LogP contribution in [0.4, 0.5) is 5.82 Å². The van der Waals surface area contributed by atoms with Gasteiger partial charge in [0.25, 0.3) is 5.91 Å². The second-order valence-electron chi connectivity index (χ2n) is 6.27. The zero-order valence-electron chi connectivity index (χ0n) is 15.5. The van der Waals surface area contributed by atoms with Crippen LogP contribution in [0.2, 0.25) is 0 Å². The topological polar surface area (TPSA) is 75.4 Å². The van der Waals surface area contributed by atoms with Gasteiger partial charge in [-0.25, -0.2) is 0 Å². The van der Waals surface area contributed by atoms with E-state index in [1.54, 1.807) is 11.0 Å². The Bertz CT molecular complexity index is 681. The standard InChI is InChI=1S/C20H27N3O3/c1-3-5-6-7-13-23(15-19(24)21-18-12-14-26-22-18)20(25)17-10-8-16(4-2)9-11-17/h8-12,14H,3-7,13,15H2,1-2H3,(H,21,22,24). The third-order valence-corrected chi connectivity index (χ3v) is 4.22. The lowest BCUT2D eigenvalue weighted by Gasteiger charge is -2.22. The molecule has 0 saturated heterocycles. The SMILES string of the molecule is CCCCCCN(CC(=O)Nc1ccon1)C(=O)c1ccc(CC)cc1. The number of nitrogens with zero attached hydrogens (tertiary/aromatic N) is 2. The highest BCUT2D eigenvalue weighted by Gasteiger charge is 2.19. The normalized spacial score (nSPS) is 10.5. The predicted octanol–water partition coefficient (Wildman–Crippen LogP) is 3.90. The summed E-state index contributed by atoms with van der Waals surface area (Å²) in [4.78, 5) is 26.7. The molecule has 2 aromatic rings. The average Bonchev–Trinajstić information content (AvgIpc) is 3.16. The van der Waals surface area contributed by atoms with Gasteiger partial charge in [-0.3, -0.25) is 9.59 Å². The Morgan fingerprint density at radius 1 is 1.08 bits per heavy atom. The second kappa shape index (κ2) is 10.4. The summed E-state index contributed by atoms with van der Waals surface area (Å²) in [5.41, 5.74) is 1.78. The molecule has 2 rings (SSSR count). The molecule has 1 aromatic heterocycles. The summed E-state index contributed by atoms with van der Waals surface area (Å²) in [6, 6.07) is 9.14. The van der Waals surface area contributed by atoms with Crippen molar-refractivity contribution in [1.82, 2.24) is 10.1 Å². The molecule has 0 bridgehead atoms. The lowest BCUT2D eigenvalue weighted by molar-refractivity contribution is -0.117. The van der Waals surface area contributed by atoms with Crippen molar-refractivity contribution in [2.75, 3.05) is 18.4 Å². The number of carbonyl (C=O) groups is 2. The third-order valence-electron chi connectivity index (χ3n) is 4.22. The maximum atomic E-state index is 12.9. The van der Waals surface area contributed by atoms with Crippen molar-refractivity contribution >= 4 is 17.6 Å². The lowest BCUT2D eigenvalue weighted by Crippen LogP contribution is -2.38. The molecule has 1 aromatic carbocycles. The first-order chi connectivity index (χ1) is 12.6. The summed E-state index contributed by atoms with van der Waals surface area (Å²) in [5, 5.41) is 6.30. The summed E-state index contributed by atoms with van der Waals surface area (Å²) >= 11 is 0. The van der Waals surface area contributed by atoms with E-state index in [9.17, 15) is 9.59 Å². The number of nitrogens with one attached hydrogen (secondary N) is 1. The van der Waals surface area contributed by atoms with Crippen molar-refractivity contribution < 1.29 is 14.1 Å². The highest BCUT2D eigenvalue weighted by molar-refractivity contribution is 5.99. The molecule has 0 saturated carbocycles. The monoisotopic (exact) mass is 357 g/mol. The van der Waals surface area contributed by atoms with E-state index in [2.05, 4.69) is 24.3 Å². The molecular weight excluding hydrogens is 330 g/mol. The van der Waals surface area contributed by atoms with Gasteiger partial charge in [0.05, 0.1) is 0 Å². The average molecular weight is 357 g/mol. The van der Waals surface area contributed by atoms with Gasteiger partial charge in [-0.2, -0.15) is 0 Å². The van der Waals surface area contributed by atoms with Gasteiger partial charge in [-0.1, -0.05) is 50.4 Å². The first-order valence-electron chi connectivity index (χ1n) is 9.22. The van der Waals surface area contributed by atoms with Crippen molar-refractivity contribution in [1.29, 1.82) is 0 Å². The Hall–Kier alpha value is -2.63. The molecule has 0 atom stereocenters. The minimum Gasteiger partial charge on any atom is -0.363 e. The smallest absolute Gasteiger partial charge is 0.254 e. The fourth-order valence-corrected chi connectivity index (χ4v) is 2.68. The highest BCUT2D eigenvalue weighted by Crippen LogP contribution is 2.11. The largest absolute Gasteiger partial charge is 0.363 e. The molecular formula is C20H27N3O3. The van der Waals surface area contributed by atoms with Gasteiger partial charge in [0, 0.05) is 18.2 Å². The number of amides is 2. The van der Waals surface area contributed by atoms with Crippen molar-refractivity contribution in [2.45, 2.75) is 46.0 Å². The number of rotatable bonds is 10. The van der Waals surface area contributed by atoms with Crippen LogP contribution in [0.1, 0.15) is 55.5 Å². The number of carbonyl (C=O) groups excluding carboxylic acids is 2. The van der Waals surface area contributed by atoms with Crippen LogP contribution in [0.15, 0.2) is 41.1 Å². The van der Waals surface area contributed by atoms with E-state index < -0.39 is 0 Å². The molecule has 26 heavy (non-hydrogen) atoms. The van der Waals surface area contributed by atoms with Gasteiger partial charge in [0.2, 0.25) is 5.91 Å². The number of aromatic nitrogens is 1. The molecule has 1 heterocycles. The molecule has 6 nitrogen and oxygen atoms in total. The Labute approximate surface area is 154 Å². The van der Waals surface area contributed by atoms with Crippen LogP contribution < -0.4 is 5.32 Å². The summed E-state index contributed by atoms with van der Waals surface area (Å²) in [6.07, 6.45) is 6.48. The second-order valence-corrected chi connectivity index (χ2v) is 6.27. The number of hydrogen-bond donors (Lipinski definition) is 1. The first-order valence-corrected chi connectivity index (χ1v) is 9.22. The first kappa shape index (κ1) is 19.7. The molecule has 140 valence electrons. The quantitative estimate of drug-likeness (QED) is 0.654. The Balaban J connectivity index is 2.02. The van der Waals surface area contributed by atoms with Crippen molar-refractivity contribution in [3.05, 3.63) is 47.7 Å². The minimum atomic E-state index is -0.284. The van der Waals surface area contributed by atoms with Gasteiger partial charge >= 0.3 is 0 Å². The number of hydrogen-bond acceptors (Lipinski definition) is 4. The molecule has 0 spiro atoms. The highest BCUT2D eigenvalue weighted by atomic mass is 16.5. The van der Waals surface area contributed by atoms with Gasteiger partial charge in [0.1, 0.15) is 12.8 Å². The van der Waals surface area contributed by atoms with Crippen molar-refractivity contribution in [3.63, 3.8) is 0 Å². The maximum Gasteiger partial charge on any atom is 0.254 e. The lowest BCUT2D eigenvalue weighted by atomic mass is 10.1. The molecule has 0 aliphatic rings. The molecule has 0 aliphatic heterocycles. The van der Waals surface area contributed by atoms with E-state index >= 15 is 0 Å². The van der Waals surface area contributed by atoms with E-state index in [-0.39, 0.29) is 18.4 Å². The number of unbranched alkanes of at least 4 members (excludes halogenated alkanes) is 3. The number of anilines is 1. The van der Waals surface area contributed by atoms with Crippen LogP contribution in [0.3, 0.4) is 0 Å². The number of benzene rings is 1. The fraction of sp³-hybridized carbons (Fsp3) is 0.450. The number of aryl methyl sites for hydroxylation is 1. The van der Waals surface area contributed by atoms with Gasteiger partial charge < -0.3 is 14.7 Å². The van der Waals surface area contributed by atoms with Gasteiger partial charge in [0.15, 0.2) is 5.82 Å². The zero-order valence-corrected chi connectivity index (χ0v) is 15.5. The maximum absolute atomic E-state index is 12.9. The summed E-state index contributed by atoms with van der Waals surface area (Å²) < 4.78 is 4.71. The minimum absolute atomic E-state index is 0.00660. The van der Waals surface area contributed by atoms with E-state index in [1.165, 1.54) is 11.8 Å². The molecule has 0 radical (unpaired) electrons. The summed E-state index contributed by atoms with van der Waals surface area (Å²) in [5.74, 6) is -0.0620. The van der Waals surface area contributed by atoms with Crippen LogP contribution in [-0.4, -0.2) is 35.0 Å². The Kier molecular flexibility index (Phi) is 7.86. The van der Waals surface area contributed by atoms with E-state index in [4.69, 9.17) is 4.52 Å². The summed E-state index contributed by atoms with van der Waals surface area (Å²) in [7, 11) is 0. The molecule has 1 N–H and O–H groups in total.